The van der Waals surface area contributed by atoms with Crippen LogP contribution < -0.4 is 42.5 Å². The first-order valence-electron chi connectivity index (χ1n) is 19.9. The van der Waals surface area contributed by atoms with E-state index >= 15 is 0 Å². The van der Waals surface area contributed by atoms with E-state index in [1.807, 2.05) is 0 Å². The zero-order chi connectivity index (χ0) is 40.5. The molecule has 4 saturated carbocycles. The van der Waals surface area contributed by atoms with Crippen molar-refractivity contribution in [1.29, 1.82) is 0 Å². The minimum atomic E-state index is -2.86. The van der Waals surface area contributed by atoms with Gasteiger partial charge in [0, 0.05) is 61.0 Å². The van der Waals surface area contributed by atoms with E-state index in [1.54, 1.807) is 0 Å². The summed E-state index contributed by atoms with van der Waals surface area (Å²) in [5, 5.41) is 33.8. The Morgan fingerprint density at radius 1 is 0.263 bits per heavy atom. The van der Waals surface area contributed by atoms with E-state index in [2.05, 4.69) is 42.5 Å². The second-order valence-electron chi connectivity index (χ2n) is 16.5. The Bertz CT molecular complexity index is 1260. The molecule has 0 spiro atoms. The van der Waals surface area contributed by atoms with Gasteiger partial charge in [-0.25, -0.2) is 0 Å². The van der Waals surface area contributed by atoms with Crippen molar-refractivity contribution in [1.82, 2.24) is 42.5 Å². The van der Waals surface area contributed by atoms with Gasteiger partial charge in [-0.1, -0.05) is 51.4 Å². The van der Waals surface area contributed by atoms with Crippen molar-refractivity contribution >= 4 is 43.9 Å². The van der Waals surface area contributed by atoms with Gasteiger partial charge >= 0.3 is 0 Å². The van der Waals surface area contributed by atoms with Crippen molar-refractivity contribution in [2.45, 2.75) is 152 Å². The molecule has 25 heteroatoms. The molecule has 8 bridgehead atoms. The molecule has 0 amide bonds. The van der Waals surface area contributed by atoms with Gasteiger partial charge in [0.25, 0.3) is 0 Å². The first kappa shape index (κ1) is 49.5. The molecule has 20 nitrogen and oxygen atoms in total. The van der Waals surface area contributed by atoms with Crippen LogP contribution in [0.3, 0.4) is 0 Å². The molecule has 8 atom stereocenters. The normalized spacial score (nSPS) is 42.8. The summed E-state index contributed by atoms with van der Waals surface area (Å²) in [6.07, 6.45) is 25.6. The van der Waals surface area contributed by atoms with Crippen LogP contribution in [0.1, 0.15) is 103 Å². The van der Waals surface area contributed by atoms with Gasteiger partial charge in [-0.05, 0) is 98.7 Å². The second-order valence-corrected chi connectivity index (χ2v) is 18.2. The summed E-state index contributed by atoms with van der Waals surface area (Å²) >= 11 is 0. The van der Waals surface area contributed by atoms with E-state index in [-0.39, 0.29) is 17.1 Å². The summed E-state index contributed by atoms with van der Waals surface area (Å²) < 4.78 is 96.3. The van der Waals surface area contributed by atoms with Gasteiger partial charge in [-0.2, -0.15) is 0 Å². The molecule has 9 rings (SSSR count). The Labute approximate surface area is 353 Å². The third kappa shape index (κ3) is 13.9. The van der Waals surface area contributed by atoms with Crippen LogP contribution in [0.5, 0.6) is 0 Å². The van der Waals surface area contributed by atoms with Gasteiger partial charge in [0.05, 0.1) is 49.3 Å². The molecule has 9 fully saturated rings. The molecular formula is C32H60CuN8O12S4-4. The molecule has 0 aromatic carbocycles. The maximum Gasteiger partial charge on any atom is 0.0628 e. The van der Waals surface area contributed by atoms with Crippen LogP contribution in [0.4, 0.5) is 0 Å². The third-order valence-electron chi connectivity index (χ3n) is 13.8. The molecule has 0 aromatic rings. The van der Waals surface area contributed by atoms with Gasteiger partial charge in [0.1, 0.15) is 0 Å². The molecule has 5 heterocycles. The molecule has 8 unspecified atom stereocenters. The fourth-order valence-electron chi connectivity index (χ4n) is 12.0. The molecule has 4 aliphatic carbocycles. The number of rotatable bonds is 0. The Hall–Kier alpha value is -0.161. The van der Waals surface area contributed by atoms with Crippen LogP contribution in [0, 0.1) is 47.3 Å². The van der Waals surface area contributed by atoms with E-state index < -0.39 is 43.9 Å². The largest absolute Gasteiger partial charge is 0.439 e. The molecule has 1 radical (unpaired) electrons. The van der Waals surface area contributed by atoms with Crippen molar-refractivity contribution in [3.05, 3.63) is 0 Å². The predicted molar refractivity (Wildman–Crippen MR) is 203 cm³/mol. The van der Waals surface area contributed by atoms with E-state index in [4.69, 9.17) is 51.9 Å². The monoisotopic (exact) mass is 939 g/mol. The van der Waals surface area contributed by atoms with Crippen LogP contribution in [-0.4, -0.2) is 67.5 Å². The first-order chi connectivity index (χ1) is 26.7. The van der Waals surface area contributed by atoms with Crippen LogP contribution in [0.2, 0.25) is 0 Å². The fraction of sp³-hybridized carbons (Fsp3) is 1.00. The van der Waals surface area contributed by atoms with E-state index in [0.717, 1.165) is 47.3 Å². The second kappa shape index (κ2) is 23.9. The minimum Gasteiger partial charge on any atom is -0.439 e. The Balaban J connectivity index is 0.000000366. The van der Waals surface area contributed by atoms with Crippen LogP contribution in [0.15, 0.2) is 0 Å². The molecule has 9 aliphatic rings. The summed E-state index contributed by atoms with van der Waals surface area (Å²) in [6, 6.07) is 0. The SMILES string of the molecule is C1CCC2C3NC(NC4NC(NC5NC(NC6NC(N3)C3CCCCC63)C3CCCCC53)C3CCCCC43)C2C1.O=[S-](=O)O.O=[S-](=O)O.O=[S-](=O)O.O=[S-](=O)O.[Cu]. The van der Waals surface area contributed by atoms with Gasteiger partial charge in [-0.15, -0.1) is 0 Å². The maximum atomic E-state index is 8.56. The molecule has 5 saturated heterocycles. The summed E-state index contributed by atoms with van der Waals surface area (Å²) in [6.45, 7) is 0. The van der Waals surface area contributed by atoms with Crippen LogP contribution in [0.25, 0.3) is 0 Å². The minimum absolute atomic E-state index is 0. The Morgan fingerprint density at radius 2 is 0.351 bits per heavy atom. The molecule has 0 aromatic heterocycles. The summed E-state index contributed by atoms with van der Waals surface area (Å²) in [5.74, 6) is 5.97. The van der Waals surface area contributed by atoms with Crippen molar-refractivity contribution in [2.75, 3.05) is 0 Å². The number of hydrogen-bond acceptors (Lipinski definition) is 20. The summed E-state index contributed by atoms with van der Waals surface area (Å²) in [7, 11) is -11.4. The zero-order valence-corrected chi connectivity index (χ0v) is 35.7. The van der Waals surface area contributed by atoms with Crippen molar-refractivity contribution in [3.63, 3.8) is 0 Å². The van der Waals surface area contributed by atoms with Crippen LogP contribution >= 0.6 is 0 Å². The van der Waals surface area contributed by atoms with E-state index in [1.165, 1.54) is 103 Å². The van der Waals surface area contributed by atoms with Gasteiger partial charge in [-0.3, -0.25) is 42.5 Å². The van der Waals surface area contributed by atoms with E-state index in [9.17, 15) is 0 Å². The van der Waals surface area contributed by atoms with Gasteiger partial charge < -0.3 is 51.9 Å². The van der Waals surface area contributed by atoms with Crippen LogP contribution in [-0.2, 0) is 94.7 Å². The maximum absolute atomic E-state index is 8.56. The van der Waals surface area contributed by atoms with Crippen molar-refractivity contribution < 1.29 is 69.0 Å². The summed E-state index contributed by atoms with van der Waals surface area (Å²) in [4.78, 5) is 0. The molecular weight excluding hydrogens is 880 g/mol. The topological polar surface area (TPSA) is 314 Å². The fourth-order valence-corrected chi connectivity index (χ4v) is 12.0. The standard InChI is InChI=1S/C32H56N8.Cu.4HO3S/c1-2-10-18-17(9-1)25-33-26(18)38-28-21-13-5-6-14-22(21)30(35-28)40-32-24-16-8-7-15-23(24)31(36-32)39-29-20-12-4-3-11-19(20)27(34-29)37-25;;4*1-4(2)3/h17-40H,1-16H2;;4*(H,1,2,3)/q;;4*-1. The molecule has 57 heavy (non-hydrogen) atoms. The first-order valence-corrected chi connectivity index (χ1v) is 24.1. The Morgan fingerprint density at radius 3 is 0.439 bits per heavy atom. The molecule has 5 aliphatic heterocycles. The smallest absolute Gasteiger partial charge is 0.0628 e. The third-order valence-corrected chi connectivity index (χ3v) is 13.8. The van der Waals surface area contributed by atoms with Gasteiger partial charge in [0.15, 0.2) is 0 Å². The molecule has 12 N–H and O–H groups in total. The number of nitrogens with one attached hydrogen (secondary N) is 8. The average Bonchev–Trinajstić information content (AvgIpc) is 3.87. The molecule has 339 valence electrons. The number of fused-ring (bicyclic) bond motifs is 20. The average molecular weight is 941 g/mol. The predicted octanol–water partition coefficient (Wildman–Crippen LogP) is 1.68. The van der Waals surface area contributed by atoms with Gasteiger partial charge in [0.2, 0.25) is 0 Å². The van der Waals surface area contributed by atoms with E-state index in [0.29, 0.717) is 49.3 Å². The van der Waals surface area contributed by atoms with Crippen molar-refractivity contribution in [3.8, 4) is 0 Å². The summed E-state index contributed by atoms with van der Waals surface area (Å²) in [5.41, 5.74) is 0. The quantitative estimate of drug-likeness (QED) is 0.0712. The zero-order valence-electron chi connectivity index (χ0n) is 31.5. The number of hydrogen-bond donors (Lipinski definition) is 12. The van der Waals surface area contributed by atoms with Crippen molar-refractivity contribution in [2.24, 2.45) is 47.3 Å². The Kier molecular flexibility index (Phi) is 20.7.